The summed E-state index contributed by atoms with van der Waals surface area (Å²) >= 11 is 1.67. The summed E-state index contributed by atoms with van der Waals surface area (Å²) in [4.78, 5) is 8.97. The average Bonchev–Trinajstić information content (AvgIpc) is 2.83. The molecule has 0 spiro atoms. The molecule has 90 valence electrons. The summed E-state index contributed by atoms with van der Waals surface area (Å²) in [5.74, 6) is 0. The number of rotatable bonds is 3. The van der Waals surface area contributed by atoms with Gasteiger partial charge < -0.3 is 5.73 Å². The van der Waals surface area contributed by atoms with Gasteiger partial charge in [-0.1, -0.05) is 12.1 Å². The first-order valence-electron chi connectivity index (χ1n) is 5.88. The minimum Gasteiger partial charge on any atom is -0.330 e. The summed E-state index contributed by atoms with van der Waals surface area (Å²) in [6.45, 7) is 0.669. The van der Waals surface area contributed by atoms with Gasteiger partial charge >= 0.3 is 0 Å². The number of fused-ring (bicyclic) bond motifs is 1. The minimum absolute atomic E-state index is 0.669. The zero-order valence-electron chi connectivity index (χ0n) is 9.84. The first-order valence-corrected chi connectivity index (χ1v) is 6.69. The number of hydrogen-bond donors (Lipinski definition) is 1. The molecule has 2 heterocycles. The Hall–Kier alpha value is -1.78. The van der Waals surface area contributed by atoms with Crippen molar-refractivity contribution < 1.29 is 0 Å². The lowest BCUT2D eigenvalue weighted by Crippen LogP contribution is -2.02. The van der Waals surface area contributed by atoms with E-state index in [1.54, 1.807) is 17.5 Å². The van der Waals surface area contributed by atoms with Crippen LogP contribution in [0.1, 0.15) is 5.56 Å². The van der Waals surface area contributed by atoms with Crippen LogP contribution in [0.3, 0.4) is 0 Å². The van der Waals surface area contributed by atoms with E-state index >= 15 is 0 Å². The van der Waals surface area contributed by atoms with E-state index in [-0.39, 0.29) is 0 Å². The zero-order valence-corrected chi connectivity index (χ0v) is 10.7. The van der Waals surface area contributed by atoms with Crippen LogP contribution in [0, 0.1) is 0 Å². The topological polar surface area (TPSA) is 51.8 Å². The number of hydrogen-bond acceptors (Lipinski definition) is 4. The molecule has 0 saturated carbocycles. The lowest BCUT2D eigenvalue weighted by Gasteiger charge is -1.96. The first-order chi connectivity index (χ1) is 8.86. The van der Waals surface area contributed by atoms with Crippen LogP contribution >= 0.6 is 11.3 Å². The molecule has 4 heteroatoms. The standard InChI is InChI=1S/C14H13N3S/c15-7-6-10-4-5-13-12(9-10)17-14(18-13)11-3-1-2-8-16-11/h1-5,8-9H,6-7,15H2. The molecular formula is C14H13N3S. The number of nitrogens with zero attached hydrogens (tertiary/aromatic N) is 2. The maximum atomic E-state index is 5.57. The molecule has 0 aliphatic rings. The summed E-state index contributed by atoms with van der Waals surface area (Å²) < 4.78 is 1.19. The molecule has 0 atom stereocenters. The molecule has 0 aliphatic carbocycles. The highest BCUT2D eigenvalue weighted by atomic mass is 32.1. The van der Waals surface area contributed by atoms with Crippen molar-refractivity contribution in [1.82, 2.24) is 9.97 Å². The number of nitrogens with two attached hydrogens (primary N) is 1. The average molecular weight is 255 g/mol. The molecule has 0 fully saturated rings. The monoisotopic (exact) mass is 255 g/mol. The van der Waals surface area contributed by atoms with Gasteiger partial charge in [0.2, 0.25) is 0 Å². The molecular weight excluding hydrogens is 242 g/mol. The van der Waals surface area contributed by atoms with Crippen molar-refractivity contribution in [2.75, 3.05) is 6.54 Å². The predicted octanol–water partition coefficient (Wildman–Crippen LogP) is 2.86. The fraction of sp³-hybridized carbons (Fsp3) is 0.143. The van der Waals surface area contributed by atoms with E-state index in [0.717, 1.165) is 22.6 Å². The second-order valence-electron chi connectivity index (χ2n) is 4.07. The SMILES string of the molecule is NCCc1ccc2sc(-c3ccccn3)nc2c1. The van der Waals surface area contributed by atoms with Crippen molar-refractivity contribution in [2.45, 2.75) is 6.42 Å². The van der Waals surface area contributed by atoms with Gasteiger partial charge in [0.15, 0.2) is 0 Å². The van der Waals surface area contributed by atoms with E-state index in [0.29, 0.717) is 6.54 Å². The maximum absolute atomic E-state index is 5.57. The highest BCUT2D eigenvalue weighted by Crippen LogP contribution is 2.29. The highest BCUT2D eigenvalue weighted by Gasteiger charge is 2.07. The van der Waals surface area contributed by atoms with E-state index in [4.69, 9.17) is 5.73 Å². The number of pyridine rings is 1. The van der Waals surface area contributed by atoms with Crippen LogP contribution in [0.4, 0.5) is 0 Å². The van der Waals surface area contributed by atoms with Crippen molar-refractivity contribution in [3.63, 3.8) is 0 Å². The summed E-state index contributed by atoms with van der Waals surface area (Å²) in [7, 11) is 0. The summed E-state index contributed by atoms with van der Waals surface area (Å²) in [6.07, 6.45) is 2.69. The van der Waals surface area contributed by atoms with Crippen LogP contribution in [-0.4, -0.2) is 16.5 Å². The molecule has 2 aromatic heterocycles. The molecule has 1 aromatic carbocycles. The van der Waals surface area contributed by atoms with Gasteiger partial charge in [-0.2, -0.15) is 0 Å². The van der Waals surface area contributed by atoms with Gasteiger partial charge in [-0.15, -0.1) is 11.3 Å². The molecule has 18 heavy (non-hydrogen) atoms. The number of benzene rings is 1. The van der Waals surface area contributed by atoms with Crippen LogP contribution in [-0.2, 0) is 6.42 Å². The molecule has 3 rings (SSSR count). The Kier molecular flexibility index (Phi) is 3.04. The molecule has 0 saturated heterocycles. The van der Waals surface area contributed by atoms with Gasteiger partial charge in [0.25, 0.3) is 0 Å². The van der Waals surface area contributed by atoms with Crippen molar-refractivity contribution >= 4 is 21.6 Å². The maximum Gasteiger partial charge on any atom is 0.143 e. The first kappa shape index (κ1) is 11.3. The van der Waals surface area contributed by atoms with Crippen molar-refractivity contribution in [2.24, 2.45) is 5.73 Å². The van der Waals surface area contributed by atoms with Crippen LogP contribution in [0.15, 0.2) is 42.6 Å². The van der Waals surface area contributed by atoms with E-state index in [2.05, 4.69) is 28.2 Å². The summed E-state index contributed by atoms with van der Waals surface area (Å²) in [6, 6.07) is 12.2. The third kappa shape index (κ3) is 2.12. The second kappa shape index (κ2) is 4.84. The lowest BCUT2D eigenvalue weighted by atomic mass is 10.1. The Morgan fingerprint density at radius 1 is 1.17 bits per heavy atom. The van der Waals surface area contributed by atoms with E-state index in [9.17, 15) is 0 Å². The third-order valence-corrected chi connectivity index (χ3v) is 3.83. The molecule has 0 amide bonds. The smallest absolute Gasteiger partial charge is 0.143 e. The number of thiazole rings is 1. The molecule has 0 aliphatic heterocycles. The van der Waals surface area contributed by atoms with E-state index < -0.39 is 0 Å². The van der Waals surface area contributed by atoms with E-state index in [1.165, 1.54) is 10.3 Å². The largest absolute Gasteiger partial charge is 0.330 e. The van der Waals surface area contributed by atoms with Gasteiger partial charge in [0.1, 0.15) is 5.01 Å². The Morgan fingerprint density at radius 2 is 2.11 bits per heavy atom. The fourth-order valence-corrected chi connectivity index (χ4v) is 2.82. The van der Waals surface area contributed by atoms with Gasteiger partial charge in [0, 0.05) is 6.20 Å². The van der Waals surface area contributed by atoms with Crippen LogP contribution in [0.2, 0.25) is 0 Å². The highest BCUT2D eigenvalue weighted by molar-refractivity contribution is 7.21. The Bertz CT molecular complexity index is 661. The minimum atomic E-state index is 0.669. The van der Waals surface area contributed by atoms with Crippen LogP contribution < -0.4 is 5.73 Å². The molecule has 3 aromatic rings. The molecule has 3 nitrogen and oxygen atoms in total. The van der Waals surface area contributed by atoms with Crippen molar-refractivity contribution in [1.29, 1.82) is 0 Å². The Labute approximate surface area is 109 Å². The Morgan fingerprint density at radius 3 is 2.89 bits per heavy atom. The normalized spacial score (nSPS) is 10.9. The Balaban J connectivity index is 2.06. The van der Waals surface area contributed by atoms with E-state index in [1.807, 2.05) is 18.2 Å². The van der Waals surface area contributed by atoms with Crippen molar-refractivity contribution in [3.05, 3.63) is 48.2 Å². The molecule has 0 bridgehead atoms. The van der Waals surface area contributed by atoms with Gasteiger partial charge in [-0.3, -0.25) is 4.98 Å². The molecule has 2 N–H and O–H groups in total. The molecule has 0 radical (unpaired) electrons. The lowest BCUT2D eigenvalue weighted by molar-refractivity contribution is 0.970. The second-order valence-corrected chi connectivity index (χ2v) is 5.11. The summed E-state index contributed by atoms with van der Waals surface area (Å²) in [5.41, 5.74) is 8.78. The van der Waals surface area contributed by atoms with Gasteiger partial charge in [-0.25, -0.2) is 4.98 Å². The summed E-state index contributed by atoms with van der Waals surface area (Å²) in [5, 5.41) is 0.968. The van der Waals surface area contributed by atoms with Gasteiger partial charge in [0.05, 0.1) is 15.9 Å². The van der Waals surface area contributed by atoms with Gasteiger partial charge in [-0.05, 0) is 42.8 Å². The zero-order chi connectivity index (χ0) is 12.4. The predicted molar refractivity (Wildman–Crippen MR) is 75.6 cm³/mol. The quantitative estimate of drug-likeness (QED) is 0.783. The van der Waals surface area contributed by atoms with Crippen molar-refractivity contribution in [3.8, 4) is 10.7 Å². The van der Waals surface area contributed by atoms with Crippen LogP contribution in [0.5, 0.6) is 0 Å². The van der Waals surface area contributed by atoms with Crippen LogP contribution in [0.25, 0.3) is 20.9 Å². The third-order valence-electron chi connectivity index (χ3n) is 2.77. The molecule has 0 unspecified atom stereocenters. The fourth-order valence-electron chi connectivity index (χ4n) is 1.89. The number of aromatic nitrogens is 2.